The summed E-state index contributed by atoms with van der Waals surface area (Å²) in [6.45, 7) is 3.07. The number of hydrogen-bond donors (Lipinski definition) is 1. The minimum Gasteiger partial charge on any atom is -0.625 e. The second-order valence-corrected chi connectivity index (χ2v) is 12.4. The van der Waals surface area contributed by atoms with E-state index in [1.807, 2.05) is 31.2 Å². The number of rotatable bonds is 10. The van der Waals surface area contributed by atoms with E-state index in [1.54, 1.807) is 42.5 Å². The van der Waals surface area contributed by atoms with Gasteiger partial charge in [-0.3, -0.25) is 9.89 Å². The first-order valence-electron chi connectivity index (χ1n) is 14.4. The van der Waals surface area contributed by atoms with Crippen molar-refractivity contribution in [1.29, 1.82) is 0 Å². The predicted molar refractivity (Wildman–Crippen MR) is 178 cm³/mol. The van der Waals surface area contributed by atoms with Crippen molar-refractivity contribution in [2.24, 2.45) is 4.99 Å². The predicted octanol–water partition coefficient (Wildman–Crippen LogP) is 8.90. The van der Waals surface area contributed by atoms with E-state index in [1.165, 1.54) is 24.3 Å². The fraction of sp³-hybridized carbons (Fsp3) is 0.229. The van der Waals surface area contributed by atoms with Crippen molar-refractivity contribution in [3.63, 3.8) is 0 Å². The van der Waals surface area contributed by atoms with Crippen LogP contribution in [0.5, 0.6) is 0 Å². The molecule has 4 aromatic carbocycles. The molecule has 0 radical (unpaired) electrons. The van der Waals surface area contributed by atoms with Crippen molar-refractivity contribution >= 4 is 58.1 Å². The molecule has 2 atom stereocenters. The van der Waals surface area contributed by atoms with E-state index in [0.29, 0.717) is 62.7 Å². The van der Waals surface area contributed by atoms with Crippen LogP contribution in [-0.2, 0) is 39.0 Å². The van der Waals surface area contributed by atoms with E-state index in [0.717, 1.165) is 12.0 Å². The summed E-state index contributed by atoms with van der Waals surface area (Å²) in [4.78, 5) is 33.2. The normalized spacial score (nSPS) is 17.3. The molecule has 0 spiro atoms. The van der Waals surface area contributed by atoms with Crippen molar-refractivity contribution in [3.8, 4) is 0 Å². The zero-order valence-corrected chi connectivity index (χ0v) is 28.0. The van der Waals surface area contributed by atoms with Crippen LogP contribution in [0.15, 0.2) is 96.0 Å². The van der Waals surface area contributed by atoms with Crippen molar-refractivity contribution in [3.05, 3.63) is 139 Å². The molecule has 1 aliphatic heterocycles. The molecule has 4 aromatic rings. The second-order valence-electron chi connectivity index (χ2n) is 11.2. The van der Waals surface area contributed by atoms with Crippen LogP contribution in [0.2, 0.25) is 15.1 Å². The van der Waals surface area contributed by atoms with Crippen molar-refractivity contribution in [2.45, 2.75) is 44.3 Å². The van der Waals surface area contributed by atoms with Crippen LogP contribution in [0.1, 0.15) is 42.0 Å². The Morgan fingerprint density at radius 3 is 2.33 bits per heavy atom. The van der Waals surface area contributed by atoms with Crippen LogP contribution < -0.4 is 0 Å². The van der Waals surface area contributed by atoms with Gasteiger partial charge in [-0.2, -0.15) is 0 Å². The van der Waals surface area contributed by atoms with E-state index in [9.17, 15) is 19.1 Å². The molecule has 5 rings (SSSR count). The molecule has 242 valence electrons. The summed E-state index contributed by atoms with van der Waals surface area (Å²) in [7, 11) is 0. The molecule has 0 unspecified atom stereocenters. The number of hydrogen-bond acceptors (Lipinski definition) is 4. The maximum atomic E-state index is 14.0. The Kier molecular flexibility index (Phi) is 12.0. The first-order chi connectivity index (χ1) is 21.5. The van der Waals surface area contributed by atoms with Crippen molar-refractivity contribution in [2.75, 3.05) is 6.54 Å². The summed E-state index contributed by atoms with van der Waals surface area (Å²) in [6.07, 6.45) is 1.45. The SMILES string of the molecule is C[C@@]1(C(=O)[N-]c2ccc(Cl)cc2C(=N[C@H](Cc2ccc(F)cc2)C(=O)O)c2ccccc2)CCCN1Cc1ccc(Cl)c(Cl)c1.[Ni]. The number of amides is 1. The van der Waals surface area contributed by atoms with Gasteiger partial charge in [0.15, 0.2) is 6.04 Å². The van der Waals surface area contributed by atoms with Gasteiger partial charge < -0.3 is 15.2 Å². The Bertz CT molecular complexity index is 1740. The fourth-order valence-electron chi connectivity index (χ4n) is 5.48. The molecule has 0 saturated carbocycles. The molecule has 1 amide bonds. The number of aliphatic carboxylic acids is 1. The number of benzene rings is 4. The Hall–Kier alpha value is -3.26. The van der Waals surface area contributed by atoms with Gasteiger partial charge in [-0.05, 0) is 79.4 Å². The van der Waals surface area contributed by atoms with Gasteiger partial charge in [0.05, 0.1) is 27.2 Å². The second kappa shape index (κ2) is 15.6. The molecule has 11 heteroatoms. The number of aliphatic imine (C=N–C) groups is 1. The number of carboxylic acids is 1. The standard InChI is InChI=1S/C35H31Cl3FN3O3.Ni/c1-35(16-5-17-42(35)21-23-10-14-28(37)29(38)18-23)34(45)41-30-15-11-25(36)20-27(30)32(24-6-3-2-4-7-24)40-31(33(43)44)19-22-8-12-26(39)13-9-22;/h2-4,6-15,18,20,31H,5,16-17,19,21H2,1H3,(H2,40,41,43,44,45);/p-1/t31-,35+;/m1./s1. The molecular weight excluding hydrogens is 694 g/mol. The number of likely N-dealkylation sites (tertiary alicyclic amines) is 1. The van der Waals surface area contributed by atoms with Crippen molar-refractivity contribution in [1.82, 2.24) is 4.90 Å². The Labute approximate surface area is 292 Å². The summed E-state index contributed by atoms with van der Waals surface area (Å²) in [5.41, 5.74) is 2.34. The van der Waals surface area contributed by atoms with Gasteiger partial charge in [-0.15, -0.1) is 5.69 Å². The van der Waals surface area contributed by atoms with Gasteiger partial charge in [0.1, 0.15) is 5.82 Å². The molecule has 1 saturated heterocycles. The number of carboxylic acid groups (broad SMARTS) is 1. The van der Waals surface area contributed by atoms with E-state index in [-0.39, 0.29) is 28.8 Å². The molecule has 0 aliphatic carbocycles. The third-order valence-electron chi connectivity index (χ3n) is 8.00. The Balaban J connectivity index is 0.00000480. The molecule has 6 nitrogen and oxygen atoms in total. The molecule has 46 heavy (non-hydrogen) atoms. The van der Waals surface area contributed by atoms with Gasteiger partial charge in [-0.1, -0.05) is 89.4 Å². The largest absolute Gasteiger partial charge is 0.625 e. The summed E-state index contributed by atoms with van der Waals surface area (Å²) >= 11 is 18.8. The van der Waals surface area contributed by atoms with Gasteiger partial charge in [0, 0.05) is 40.0 Å². The van der Waals surface area contributed by atoms with Gasteiger partial charge >= 0.3 is 5.97 Å². The average molecular weight is 725 g/mol. The van der Waals surface area contributed by atoms with Crippen LogP contribution in [0.3, 0.4) is 0 Å². The maximum Gasteiger partial charge on any atom is 0.328 e. The van der Waals surface area contributed by atoms with Crippen LogP contribution in [0.25, 0.3) is 5.32 Å². The van der Waals surface area contributed by atoms with E-state index in [2.05, 4.69) is 10.2 Å². The Morgan fingerprint density at radius 2 is 1.65 bits per heavy atom. The molecule has 0 aromatic heterocycles. The van der Waals surface area contributed by atoms with Crippen LogP contribution >= 0.6 is 34.8 Å². The number of carbonyl (C=O) groups is 2. The molecular formula is C35H30Cl3FN3NiO3-. The minimum atomic E-state index is -1.21. The summed E-state index contributed by atoms with van der Waals surface area (Å²) < 4.78 is 13.5. The van der Waals surface area contributed by atoms with Crippen LogP contribution in [0, 0.1) is 5.82 Å². The average Bonchev–Trinajstić information content (AvgIpc) is 3.40. The molecule has 1 N–H and O–H groups in total. The topological polar surface area (TPSA) is 84.1 Å². The zero-order chi connectivity index (χ0) is 32.1. The summed E-state index contributed by atoms with van der Waals surface area (Å²) in [6, 6.07) is 23.9. The minimum absolute atomic E-state index is 0. The van der Waals surface area contributed by atoms with Gasteiger partial charge in [-0.25, -0.2) is 9.18 Å². The molecule has 0 bridgehead atoms. The Morgan fingerprint density at radius 1 is 0.957 bits per heavy atom. The summed E-state index contributed by atoms with van der Waals surface area (Å²) in [5, 5.41) is 16.1. The van der Waals surface area contributed by atoms with Gasteiger partial charge in [0.25, 0.3) is 0 Å². The fourth-order valence-corrected chi connectivity index (χ4v) is 5.97. The monoisotopic (exact) mass is 722 g/mol. The molecule has 1 aliphatic rings. The maximum absolute atomic E-state index is 14.0. The molecule has 1 fully saturated rings. The zero-order valence-electron chi connectivity index (χ0n) is 24.7. The quantitative estimate of drug-likeness (QED) is 0.131. The third-order valence-corrected chi connectivity index (χ3v) is 8.98. The van der Waals surface area contributed by atoms with E-state index in [4.69, 9.17) is 39.8 Å². The first-order valence-corrected chi connectivity index (χ1v) is 15.5. The number of nitrogens with zero attached hydrogens (tertiary/aromatic N) is 3. The van der Waals surface area contributed by atoms with Crippen molar-refractivity contribution < 1.29 is 35.6 Å². The summed E-state index contributed by atoms with van der Waals surface area (Å²) in [5.74, 6) is -1.90. The molecule has 1 heterocycles. The number of carbonyl (C=O) groups excluding carboxylic acids is 1. The van der Waals surface area contributed by atoms with Crippen LogP contribution in [-0.4, -0.2) is 45.7 Å². The number of halogens is 4. The van der Waals surface area contributed by atoms with Gasteiger partial charge in [0.2, 0.25) is 0 Å². The third kappa shape index (κ3) is 8.36. The van der Waals surface area contributed by atoms with E-state index >= 15 is 0 Å². The van der Waals surface area contributed by atoms with E-state index < -0.39 is 23.4 Å². The van der Waals surface area contributed by atoms with Crippen LogP contribution in [0.4, 0.5) is 10.1 Å². The smallest absolute Gasteiger partial charge is 0.328 e. The first kappa shape index (κ1) is 35.6.